The molecule has 0 bridgehead atoms. The van der Waals surface area contributed by atoms with Crippen LogP contribution in [0.1, 0.15) is 25.8 Å². The molecule has 3 aromatic rings. The van der Waals surface area contributed by atoms with E-state index in [4.69, 9.17) is 0 Å². The van der Waals surface area contributed by atoms with Gasteiger partial charge in [0.25, 0.3) is 0 Å². The van der Waals surface area contributed by atoms with Gasteiger partial charge in [-0.3, -0.25) is 15.1 Å². The van der Waals surface area contributed by atoms with Crippen LogP contribution in [0.3, 0.4) is 0 Å². The predicted octanol–water partition coefficient (Wildman–Crippen LogP) is 3.14. The molecule has 0 aromatic carbocycles. The molecule has 0 fully saturated rings. The van der Waals surface area contributed by atoms with E-state index in [0.717, 1.165) is 34.5 Å². The summed E-state index contributed by atoms with van der Waals surface area (Å²) in [6, 6.07) is 3.81. The zero-order valence-electron chi connectivity index (χ0n) is 15.4. The smallest absolute Gasteiger partial charge is 0.236 e. The van der Waals surface area contributed by atoms with E-state index < -0.39 is 0 Å². The van der Waals surface area contributed by atoms with Crippen molar-refractivity contribution in [1.82, 2.24) is 29.9 Å². The van der Waals surface area contributed by atoms with Crippen molar-refractivity contribution in [2.45, 2.75) is 38.9 Å². The SMILES string of the molecule is CCc1nnc(NC(=O)CSc2nnc(-c3ccncc3)n2CC(C)C)s1. The van der Waals surface area contributed by atoms with Crippen molar-refractivity contribution in [3.63, 3.8) is 0 Å². The first-order valence-corrected chi connectivity index (χ1v) is 10.5. The van der Waals surface area contributed by atoms with Gasteiger partial charge in [-0.2, -0.15) is 0 Å². The van der Waals surface area contributed by atoms with Crippen LogP contribution in [0.2, 0.25) is 0 Å². The Morgan fingerprint density at radius 3 is 2.67 bits per heavy atom. The van der Waals surface area contributed by atoms with Crippen LogP contribution in [0.25, 0.3) is 11.4 Å². The summed E-state index contributed by atoms with van der Waals surface area (Å²) in [6.45, 7) is 7.05. The van der Waals surface area contributed by atoms with Crippen LogP contribution >= 0.6 is 23.1 Å². The lowest BCUT2D eigenvalue weighted by Gasteiger charge is -2.12. The summed E-state index contributed by atoms with van der Waals surface area (Å²) in [5.74, 6) is 1.30. The molecule has 3 heterocycles. The topological polar surface area (TPSA) is 98.5 Å². The predicted molar refractivity (Wildman–Crippen MR) is 107 cm³/mol. The second-order valence-corrected chi connectivity index (χ2v) is 8.24. The second kappa shape index (κ2) is 9.05. The van der Waals surface area contributed by atoms with Gasteiger partial charge >= 0.3 is 0 Å². The number of carbonyl (C=O) groups excluding carboxylic acids is 1. The molecule has 0 atom stereocenters. The summed E-state index contributed by atoms with van der Waals surface area (Å²) >= 11 is 2.76. The lowest BCUT2D eigenvalue weighted by atomic mass is 10.2. The number of aromatic nitrogens is 6. The molecular weight excluding hydrogens is 382 g/mol. The molecule has 1 amide bonds. The minimum Gasteiger partial charge on any atom is -0.302 e. The Morgan fingerprint density at radius 2 is 2.00 bits per heavy atom. The van der Waals surface area contributed by atoms with Crippen LogP contribution in [0.15, 0.2) is 29.7 Å². The third-order valence-corrected chi connectivity index (χ3v) is 5.50. The summed E-state index contributed by atoms with van der Waals surface area (Å²) < 4.78 is 2.05. The highest BCUT2D eigenvalue weighted by atomic mass is 32.2. The number of carbonyl (C=O) groups is 1. The molecule has 8 nitrogen and oxygen atoms in total. The van der Waals surface area contributed by atoms with Crippen molar-refractivity contribution in [1.29, 1.82) is 0 Å². The summed E-state index contributed by atoms with van der Waals surface area (Å²) in [7, 11) is 0. The highest BCUT2D eigenvalue weighted by molar-refractivity contribution is 7.99. The van der Waals surface area contributed by atoms with Crippen LogP contribution in [-0.2, 0) is 17.8 Å². The van der Waals surface area contributed by atoms with Gasteiger partial charge in [0.15, 0.2) is 11.0 Å². The molecule has 0 aliphatic carbocycles. The van der Waals surface area contributed by atoms with Crippen LogP contribution in [-0.4, -0.2) is 41.6 Å². The van der Waals surface area contributed by atoms with Gasteiger partial charge in [0.2, 0.25) is 11.0 Å². The third kappa shape index (κ3) is 5.10. The molecule has 0 saturated heterocycles. The first-order valence-electron chi connectivity index (χ1n) is 8.65. The van der Waals surface area contributed by atoms with Gasteiger partial charge in [0.05, 0.1) is 5.75 Å². The van der Waals surface area contributed by atoms with E-state index in [0.29, 0.717) is 11.0 Å². The molecule has 1 N–H and O–H groups in total. The highest BCUT2D eigenvalue weighted by Gasteiger charge is 2.17. The van der Waals surface area contributed by atoms with E-state index in [1.54, 1.807) is 12.4 Å². The third-order valence-electron chi connectivity index (χ3n) is 3.55. The Kier molecular flexibility index (Phi) is 6.51. The Bertz CT molecular complexity index is 892. The molecule has 0 saturated carbocycles. The Balaban J connectivity index is 1.70. The van der Waals surface area contributed by atoms with E-state index in [1.807, 2.05) is 19.1 Å². The first kappa shape index (κ1) is 19.4. The number of thioether (sulfide) groups is 1. The molecule has 0 unspecified atom stereocenters. The van der Waals surface area contributed by atoms with Crippen LogP contribution in [0.5, 0.6) is 0 Å². The van der Waals surface area contributed by atoms with Crippen molar-refractivity contribution in [3.05, 3.63) is 29.5 Å². The Labute approximate surface area is 165 Å². The van der Waals surface area contributed by atoms with Crippen LogP contribution in [0, 0.1) is 5.92 Å². The number of amides is 1. The van der Waals surface area contributed by atoms with Crippen molar-refractivity contribution in [2.24, 2.45) is 5.92 Å². The molecule has 3 aromatic heterocycles. The average molecular weight is 404 g/mol. The Morgan fingerprint density at radius 1 is 1.22 bits per heavy atom. The fourth-order valence-electron chi connectivity index (χ4n) is 2.37. The monoisotopic (exact) mass is 403 g/mol. The van der Waals surface area contributed by atoms with Crippen molar-refractivity contribution in [3.8, 4) is 11.4 Å². The van der Waals surface area contributed by atoms with E-state index in [2.05, 4.69) is 49.1 Å². The minimum absolute atomic E-state index is 0.136. The Hall–Kier alpha value is -2.33. The van der Waals surface area contributed by atoms with Crippen LogP contribution < -0.4 is 5.32 Å². The number of pyridine rings is 1. The number of hydrogen-bond acceptors (Lipinski definition) is 8. The molecule has 0 aliphatic heterocycles. The van der Waals surface area contributed by atoms with Gasteiger partial charge in [-0.15, -0.1) is 20.4 Å². The molecule has 3 rings (SSSR count). The molecular formula is C17H21N7OS2. The number of rotatable bonds is 8. The number of aryl methyl sites for hydroxylation is 1. The summed E-state index contributed by atoms with van der Waals surface area (Å²) in [5, 5.41) is 21.5. The van der Waals surface area contributed by atoms with E-state index in [9.17, 15) is 4.79 Å². The van der Waals surface area contributed by atoms with Gasteiger partial charge < -0.3 is 4.57 Å². The van der Waals surface area contributed by atoms with Crippen molar-refractivity contribution < 1.29 is 4.79 Å². The molecule has 142 valence electrons. The minimum atomic E-state index is -0.136. The van der Waals surface area contributed by atoms with E-state index in [1.165, 1.54) is 23.1 Å². The molecule has 27 heavy (non-hydrogen) atoms. The molecule has 0 radical (unpaired) electrons. The van der Waals surface area contributed by atoms with Crippen molar-refractivity contribution >= 4 is 34.1 Å². The summed E-state index contributed by atoms with van der Waals surface area (Å²) in [5.41, 5.74) is 0.954. The lowest BCUT2D eigenvalue weighted by molar-refractivity contribution is -0.113. The molecule has 0 aliphatic rings. The average Bonchev–Trinajstić information content (AvgIpc) is 3.27. The highest BCUT2D eigenvalue weighted by Crippen LogP contribution is 2.25. The van der Waals surface area contributed by atoms with E-state index in [-0.39, 0.29) is 11.7 Å². The number of hydrogen-bond donors (Lipinski definition) is 1. The quantitative estimate of drug-likeness (QED) is 0.577. The summed E-state index contributed by atoms with van der Waals surface area (Å²) in [6.07, 6.45) is 4.27. The normalized spacial score (nSPS) is 11.1. The van der Waals surface area contributed by atoms with Gasteiger partial charge in [-0.25, -0.2) is 0 Å². The number of nitrogens with zero attached hydrogens (tertiary/aromatic N) is 6. The second-order valence-electron chi connectivity index (χ2n) is 6.24. The fourth-order valence-corrected chi connectivity index (χ4v) is 3.82. The number of anilines is 1. The maximum Gasteiger partial charge on any atom is 0.236 e. The van der Waals surface area contributed by atoms with Gasteiger partial charge in [0, 0.05) is 24.5 Å². The van der Waals surface area contributed by atoms with E-state index >= 15 is 0 Å². The maximum absolute atomic E-state index is 12.2. The molecule has 10 heteroatoms. The summed E-state index contributed by atoms with van der Waals surface area (Å²) in [4.78, 5) is 16.3. The molecule has 0 spiro atoms. The maximum atomic E-state index is 12.2. The number of nitrogens with one attached hydrogen (secondary N) is 1. The van der Waals surface area contributed by atoms with Crippen LogP contribution in [0.4, 0.5) is 5.13 Å². The van der Waals surface area contributed by atoms with Gasteiger partial charge in [-0.1, -0.05) is 43.9 Å². The van der Waals surface area contributed by atoms with Crippen molar-refractivity contribution in [2.75, 3.05) is 11.1 Å². The zero-order valence-corrected chi connectivity index (χ0v) is 17.0. The lowest BCUT2D eigenvalue weighted by Crippen LogP contribution is -2.15. The standard InChI is InChI=1S/C17H21N7OS2/c1-4-14-20-22-16(27-14)19-13(25)10-26-17-23-21-15(24(17)9-11(2)3)12-5-7-18-8-6-12/h5-8,11H,4,9-10H2,1-3H3,(H,19,22,25). The largest absolute Gasteiger partial charge is 0.302 e. The zero-order chi connectivity index (χ0) is 19.2. The first-order chi connectivity index (χ1) is 13.1. The van der Waals surface area contributed by atoms with Gasteiger partial charge in [0.1, 0.15) is 5.01 Å². The fraction of sp³-hybridized carbons (Fsp3) is 0.412. The van der Waals surface area contributed by atoms with Gasteiger partial charge in [-0.05, 0) is 24.5 Å².